The van der Waals surface area contributed by atoms with E-state index in [0.717, 1.165) is 95.7 Å². The molecule has 0 N–H and O–H groups in total. The van der Waals surface area contributed by atoms with Gasteiger partial charge >= 0.3 is 18.1 Å². The molecule has 0 aliphatic heterocycles. The van der Waals surface area contributed by atoms with Gasteiger partial charge in [0.1, 0.15) is 19.8 Å². The number of nitrogens with zero attached hydrogens (tertiary/aromatic N) is 1. The number of hydrogen-bond acceptors (Lipinski definition) is 10. The maximum Gasteiger partial charge on any atom is 0.508 e. The molecule has 0 bridgehead atoms. The molecule has 0 amide bonds. The van der Waals surface area contributed by atoms with Gasteiger partial charge in [0.2, 0.25) is 0 Å². The minimum atomic E-state index is -0.738. The van der Waals surface area contributed by atoms with Crippen molar-refractivity contribution in [2.45, 2.75) is 221 Å². The highest BCUT2D eigenvalue weighted by atomic mass is 16.7. The van der Waals surface area contributed by atoms with Crippen molar-refractivity contribution in [2.24, 2.45) is 5.92 Å². The highest BCUT2D eigenvalue weighted by Crippen LogP contribution is 2.18. The van der Waals surface area contributed by atoms with E-state index in [4.69, 9.17) is 28.4 Å². The van der Waals surface area contributed by atoms with E-state index >= 15 is 0 Å². The molecule has 0 heterocycles. The summed E-state index contributed by atoms with van der Waals surface area (Å²) in [4.78, 5) is 40.7. The molecule has 66 heavy (non-hydrogen) atoms. The number of esters is 2. The van der Waals surface area contributed by atoms with E-state index in [2.05, 4.69) is 76.0 Å². The van der Waals surface area contributed by atoms with Crippen molar-refractivity contribution in [3.05, 3.63) is 71.3 Å². The molecule has 0 saturated carbocycles. The number of rotatable bonds is 44. The van der Waals surface area contributed by atoms with Crippen molar-refractivity contribution in [3.8, 4) is 0 Å². The molecule has 1 aromatic carbocycles. The lowest BCUT2D eigenvalue weighted by Gasteiger charge is -2.21. The maximum absolute atomic E-state index is 13.1. The average Bonchev–Trinajstić information content (AvgIpc) is 3.32. The molecule has 0 aromatic heterocycles. The monoisotopic (exact) mass is 926 g/mol. The van der Waals surface area contributed by atoms with Crippen molar-refractivity contribution in [1.82, 2.24) is 4.90 Å². The van der Waals surface area contributed by atoms with Crippen LogP contribution in [0.15, 0.2) is 54.7 Å². The fourth-order valence-corrected chi connectivity index (χ4v) is 7.25. The number of carbonyl (C=O) groups excluding carboxylic acids is 3. The van der Waals surface area contributed by atoms with E-state index < -0.39 is 12.4 Å². The van der Waals surface area contributed by atoms with E-state index in [1.165, 1.54) is 64.2 Å². The third-order valence-corrected chi connectivity index (χ3v) is 11.6. The number of carbonyl (C=O) groups is 3. The molecule has 10 heteroatoms. The molecule has 0 spiro atoms. The highest BCUT2D eigenvalue weighted by Gasteiger charge is 2.16. The first kappa shape index (κ1) is 60.5. The lowest BCUT2D eigenvalue weighted by Crippen LogP contribution is -2.28. The molecule has 0 fully saturated rings. The average molecular weight is 926 g/mol. The lowest BCUT2D eigenvalue weighted by molar-refractivity contribution is -0.159. The topological polar surface area (TPSA) is 110 Å². The van der Waals surface area contributed by atoms with Gasteiger partial charge in [-0.25, -0.2) is 4.79 Å². The van der Waals surface area contributed by atoms with Crippen LogP contribution in [0.3, 0.4) is 0 Å². The minimum Gasteiger partial charge on any atom is -0.461 e. The number of unbranched alkanes of at least 4 members (excludes halogenated alkanes) is 15. The van der Waals surface area contributed by atoms with Crippen LogP contribution in [0, 0.1) is 5.92 Å². The van der Waals surface area contributed by atoms with E-state index in [-0.39, 0.29) is 50.7 Å². The highest BCUT2D eigenvalue weighted by molar-refractivity contribution is 5.69. The summed E-state index contributed by atoms with van der Waals surface area (Å²) in [7, 11) is 2.05. The van der Waals surface area contributed by atoms with Gasteiger partial charge in [-0.2, -0.15) is 0 Å². The molecule has 2 unspecified atom stereocenters. The van der Waals surface area contributed by atoms with Crippen LogP contribution in [-0.4, -0.2) is 69.2 Å². The first-order valence-electron chi connectivity index (χ1n) is 26.3. The summed E-state index contributed by atoms with van der Waals surface area (Å²) >= 11 is 0. The van der Waals surface area contributed by atoms with Crippen LogP contribution >= 0.6 is 0 Å². The van der Waals surface area contributed by atoms with Gasteiger partial charge in [-0.3, -0.25) is 9.59 Å². The van der Waals surface area contributed by atoms with E-state index in [0.29, 0.717) is 37.2 Å². The molecule has 2 atom stereocenters. The van der Waals surface area contributed by atoms with Gasteiger partial charge in [0.05, 0.1) is 19.6 Å². The molecule has 1 rings (SSSR count). The van der Waals surface area contributed by atoms with E-state index in [1.54, 1.807) is 0 Å². The molecule has 0 aliphatic carbocycles. The summed E-state index contributed by atoms with van der Waals surface area (Å²) in [5, 5.41) is 0. The summed E-state index contributed by atoms with van der Waals surface area (Å²) in [5.41, 5.74) is 2.10. The second-order valence-electron chi connectivity index (χ2n) is 17.8. The van der Waals surface area contributed by atoms with Gasteiger partial charge in [0.25, 0.3) is 0 Å². The Labute approximate surface area is 403 Å². The Balaban J connectivity index is 2.77. The van der Waals surface area contributed by atoms with Crippen LogP contribution in [-0.2, 0) is 57.8 Å². The number of hydrogen-bond donors (Lipinski definition) is 0. The predicted molar refractivity (Wildman–Crippen MR) is 270 cm³/mol. The Morgan fingerprint density at radius 1 is 0.530 bits per heavy atom. The normalized spacial score (nSPS) is 12.7. The van der Waals surface area contributed by atoms with Crippen LogP contribution in [0.25, 0.3) is 0 Å². The summed E-state index contributed by atoms with van der Waals surface area (Å²) in [6.07, 6.45) is 37.6. The largest absolute Gasteiger partial charge is 0.508 e. The molecular weight excluding hydrogens is 831 g/mol. The Morgan fingerprint density at radius 3 is 1.67 bits per heavy atom. The van der Waals surface area contributed by atoms with Gasteiger partial charge in [0.15, 0.2) is 6.29 Å². The smallest absolute Gasteiger partial charge is 0.461 e. The van der Waals surface area contributed by atoms with Crippen LogP contribution in [0.1, 0.15) is 212 Å². The third kappa shape index (κ3) is 36.6. The first-order chi connectivity index (χ1) is 32.2. The first-order valence-corrected chi connectivity index (χ1v) is 26.3. The van der Waals surface area contributed by atoms with Gasteiger partial charge in [-0.15, -0.1) is 0 Å². The van der Waals surface area contributed by atoms with Crippen LogP contribution in [0.4, 0.5) is 4.79 Å². The molecule has 0 radical (unpaired) electrons. The Hall–Kier alpha value is -3.47. The van der Waals surface area contributed by atoms with Crippen LogP contribution in [0.5, 0.6) is 0 Å². The van der Waals surface area contributed by atoms with E-state index in [9.17, 15) is 14.4 Å². The molecule has 0 saturated heterocycles. The molecule has 1 aromatic rings. The molecular formula is C56H95NO9. The SMILES string of the molecule is CCCC/C=C\CCOC(CCC(=O)OCc1cc(COC(=O)CCCCCCC/C=C\C/C=C\CCCCC)cc(COC(=O)OCC(CC)CN(C)CC)c1)OCCCCCCCC. The maximum atomic E-state index is 13.1. The van der Waals surface area contributed by atoms with Gasteiger partial charge in [-0.05, 0) is 113 Å². The Bertz CT molecular complexity index is 1430. The number of allylic oxidation sites excluding steroid dienone is 5. The molecule has 10 nitrogen and oxygen atoms in total. The summed E-state index contributed by atoms with van der Waals surface area (Å²) in [5.74, 6) is -0.403. The number of ether oxygens (including phenoxy) is 6. The van der Waals surface area contributed by atoms with E-state index in [1.807, 2.05) is 25.2 Å². The standard InChI is InChI=1S/C56H95NO9/c1-7-12-15-18-21-22-23-24-25-26-27-28-29-30-33-36-53(58)63-46-50-41-51(43-52(42-50)48-66-56(60)65-45-49(10-4)44-57(6)11-5)47-64-54(59)37-38-55(61-39-34-31-19-16-13-8-2)62-40-35-32-20-17-14-9-3/h19,21-22,24-25,31,41-43,49,55H,7-18,20,23,26-30,32-40,44-48H2,1-6H3/b22-21-,25-24-,31-19-. The second-order valence-corrected chi connectivity index (χ2v) is 17.8. The fourth-order valence-electron chi connectivity index (χ4n) is 7.25. The Morgan fingerprint density at radius 2 is 1.03 bits per heavy atom. The molecule has 378 valence electrons. The fraction of sp³-hybridized carbons (Fsp3) is 0.732. The zero-order valence-corrected chi connectivity index (χ0v) is 42.8. The lowest BCUT2D eigenvalue weighted by atomic mass is 10.1. The van der Waals surface area contributed by atoms with Crippen molar-refractivity contribution in [2.75, 3.05) is 40.0 Å². The molecule has 0 aliphatic rings. The minimum absolute atomic E-state index is 0.0137. The summed E-state index contributed by atoms with van der Waals surface area (Å²) < 4.78 is 34.6. The Kier molecular flexibility index (Phi) is 40.4. The summed E-state index contributed by atoms with van der Waals surface area (Å²) in [6, 6.07) is 5.54. The van der Waals surface area contributed by atoms with Crippen LogP contribution in [0.2, 0.25) is 0 Å². The zero-order valence-electron chi connectivity index (χ0n) is 42.8. The quantitative estimate of drug-likeness (QED) is 0.0206. The van der Waals surface area contributed by atoms with Crippen molar-refractivity contribution in [1.29, 1.82) is 0 Å². The van der Waals surface area contributed by atoms with Gasteiger partial charge in [0, 0.05) is 31.9 Å². The van der Waals surface area contributed by atoms with Crippen molar-refractivity contribution in [3.63, 3.8) is 0 Å². The van der Waals surface area contributed by atoms with Crippen molar-refractivity contribution >= 4 is 18.1 Å². The van der Waals surface area contributed by atoms with Gasteiger partial charge in [-0.1, -0.05) is 148 Å². The van der Waals surface area contributed by atoms with Crippen molar-refractivity contribution < 1.29 is 42.8 Å². The van der Waals surface area contributed by atoms with Gasteiger partial charge < -0.3 is 33.3 Å². The van der Waals surface area contributed by atoms with Crippen LogP contribution < -0.4 is 0 Å². The zero-order chi connectivity index (χ0) is 48.1. The second kappa shape index (κ2) is 44.1. The third-order valence-electron chi connectivity index (χ3n) is 11.6. The predicted octanol–water partition coefficient (Wildman–Crippen LogP) is 14.9. The number of benzene rings is 1. The summed E-state index contributed by atoms with van der Waals surface area (Å²) in [6.45, 7) is 14.0.